The highest BCUT2D eigenvalue weighted by Crippen LogP contribution is 2.23. The summed E-state index contributed by atoms with van der Waals surface area (Å²) < 4.78 is 12.3. The molecule has 0 aliphatic carbocycles. The van der Waals surface area contributed by atoms with Gasteiger partial charge in [-0.1, -0.05) is 58.0 Å². The van der Waals surface area contributed by atoms with E-state index < -0.39 is 0 Å². The molecule has 0 atom stereocenters. The van der Waals surface area contributed by atoms with Gasteiger partial charge in [-0.15, -0.1) is 0 Å². The highest BCUT2D eigenvalue weighted by atomic mass is 16.5. The third-order valence-corrected chi connectivity index (χ3v) is 5.61. The fourth-order valence-corrected chi connectivity index (χ4v) is 4.05. The number of carbonyl (C=O) groups excluding carboxylic acids is 2. The lowest BCUT2D eigenvalue weighted by atomic mass is 10.1. The topological polar surface area (TPSA) is 73.3 Å². The molecular weight excluding hydrogens is 440 g/mol. The van der Waals surface area contributed by atoms with Gasteiger partial charge in [-0.25, -0.2) is 9.59 Å². The molecule has 0 saturated carbocycles. The fourth-order valence-electron chi connectivity index (χ4n) is 4.05. The predicted octanol–water partition coefficient (Wildman–Crippen LogP) is 6.74. The second-order valence-electron chi connectivity index (χ2n) is 8.95. The van der Waals surface area contributed by atoms with Crippen LogP contribution in [0.1, 0.15) is 97.5 Å². The molecule has 6 heteroatoms. The van der Waals surface area contributed by atoms with E-state index in [9.17, 15) is 9.59 Å². The molecule has 3 aromatic rings. The Bertz CT molecular complexity index is 1050. The van der Waals surface area contributed by atoms with E-state index in [1.807, 2.05) is 39.1 Å². The minimum absolute atomic E-state index is 0.215. The smallest absolute Gasteiger partial charge is 0.339 e. The summed E-state index contributed by atoms with van der Waals surface area (Å²) in [4.78, 5) is 26.5. The van der Waals surface area contributed by atoms with E-state index in [0.717, 1.165) is 30.8 Å². The van der Waals surface area contributed by atoms with Crippen molar-refractivity contribution in [1.82, 2.24) is 9.55 Å². The summed E-state index contributed by atoms with van der Waals surface area (Å²) in [7, 11) is 0. The number of benzene rings is 1. The second kappa shape index (κ2) is 14.2. The number of carbonyl (C=O) groups is 2. The third-order valence-electron chi connectivity index (χ3n) is 5.61. The van der Waals surface area contributed by atoms with Crippen LogP contribution in [0.4, 0.5) is 0 Å². The van der Waals surface area contributed by atoms with Crippen molar-refractivity contribution in [3.8, 4) is 0 Å². The number of H-pyrrole nitrogens is 1. The number of aromatic amines is 1. The molecule has 0 aliphatic rings. The van der Waals surface area contributed by atoms with Crippen molar-refractivity contribution in [2.45, 2.75) is 72.8 Å². The van der Waals surface area contributed by atoms with Crippen molar-refractivity contribution < 1.29 is 19.1 Å². The number of nitrogens with one attached hydrogen (secondary N) is 1. The van der Waals surface area contributed by atoms with Crippen LogP contribution in [0.25, 0.3) is 0 Å². The first kappa shape index (κ1) is 28.0. The van der Waals surface area contributed by atoms with E-state index in [1.165, 1.54) is 5.56 Å². The summed E-state index contributed by atoms with van der Waals surface area (Å²) in [6.07, 6.45) is 5.88. The zero-order valence-electron chi connectivity index (χ0n) is 22.0. The van der Waals surface area contributed by atoms with Gasteiger partial charge < -0.3 is 19.0 Å². The average Bonchev–Trinajstić information content (AvgIpc) is 3.48. The van der Waals surface area contributed by atoms with Crippen molar-refractivity contribution in [1.29, 1.82) is 0 Å². The Labute approximate surface area is 209 Å². The highest BCUT2D eigenvalue weighted by Gasteiger charge is 2.19. The Balaban J connectivity index is 0.000000283. The average molecular weight is 481 g/mol. The standard InChI is InChI=1S/C19H25NO2.C10H15NO2/c1-4-22-19(21)17-12-14-20(18(17)15(2)3)13-8-11-16-9-6-5-7-10-16;1-4-13-10(12)8-5-6-11-9(8)7(2)3/h5-7,9-10,12,14-15H,4,8,11,13H2,1-3H3;5-7,11H,4H2,1-3H3. The number of aromatic nitrogens is 2. The monoisotopic (exact) mass is 480 g/mol. The summed E-state index contributed by atoms with van der Waals surface area (Å²) >= 11 is 0. The molecule has 2 heterocycles. The van der Waals surface area contributed by atoms with Gasteiger partial charge in [-0.3, -0.25) is 0 Å². The molecule has 1 N–H and O–H groups in total. The van der Waals surface area contributed by atoms with Crippen LogP contribution >= 0.6 is 0 Å². The van der Waals surface area contributed by atoms with Gasteiger partial charge in [-0.05, 0) is 56.2 Å². The lowest BCUT2D eigenvalue weighted by molar-refractivity contribution is 0.0515. The lowest BCUT2D eigenvalue weighted by Crippen LogP contribution is -2.11. The van der Waals surface area contributed by atoms with Crippen LogP contribution in [0.3, 0.4) is 0 Å². The van der Waals surface area contributed by atoms with Crippen molar-refractivity contribution in [3.05, 3.63) is 82.9 Å². The first-order chi connectivity index (χ1) is 16.8. The van der Waals surface area contributed by atoms with Crippen LogP contribution in [-0.4, -0.2) is 34.7 Å². The highest BCUT2D eigenvalue weighted by molar-refractivity contribution is 5.91. The van der Waals surface area contributed by atoms with Gasteiger partial charge >= 0.3 is 11.9 Å². The fraction of sp³-hybridized carbons (Fsp3) is 0.448. The Hall–Kier alpha value is -3.28. The van der Waals surface area contributed by atoms with Gasteiger partial charge in [0.1, 0.15) is 0 Å². The van der Waals surface area contributed by atoms with Crippen LogP contribution in [-0.2, 0) is 22.4 Å². The molecule has 6 nitrogen and oxygen atoms in total. The molecule has 1 aromatic carbocycles. The van der Waals surface area contributed by atoms with E-state index in [0.29, 0.717) is 36.2 Å². The zero-order chi connectivity index (χ0) is 25.8. The molecule has 35 heavy (non-hydrogen) atoms. The third kappa shape index (κ3) is 8.16. The summed E-state index contributed by atoms with van der Waals surface area (Å²) in [6.45, 7) is 13.7. The van der Waals surface area contributed by atoms with Gasteiger partial charge in [0.25, 0.3) is 0 Å². The second-order valence-corrected chi connectivity index (χ2v) is 8.95. The largest absolute Gasteiger partial charge is 0.462 e. The predicted molar refractivity (Wildman–Crippen MR) is 140 cm³/mol. The minimum Gasteiger partial charge on any atom is -0.462 e. The summed E-state index contributed by atoms with van der Waals surface area (Å²) in [5, 5.41) is 0. The summed E-state index contributed by atoms with van der Waals surface area (Å²) in [5.41, 5.74) is 4.73. The molecule has 0 unspecified atom stereocenters. The Kier molecular flexibility index (Phi) is 11.3. The van der Waals surface area contributed by atoms with Crippen molar-refractivity contribution in [2.75, 3.05) is 13.2 Å². The normalized spacial score (nSPS) is 10.7. The Morgan fingerprint density at radius 3 is 2.06 bits per heavy atom. The van der Waals surface area contributed by atoms with Crippen molar-refractivity contribution in [3.63, 3.8) is 0 Å². The van der Waals surface area contributed by atoms with Crippen LogP contribution in [0, 0.1) is 0 Å². The molecule has 0 fully saturated rings. The molecule has 0 bridgehead atoms. The first-order valence-corrected chi connectivity index (χ1v) is 12.5. The Morgan fingerprint density at radius 2 is 1.49 bits per heavy atom. The maximum absolute atomic E-state index is 12.0. The van der Waals surface area contributed by atoms with Gasteiger partial charge in [0.15, 0.2) is 0 Å². The zero-order valence-corrected chi connectivity index (χ0v) is 22.0. The molecule has 0 radical (unpaired) electrons. The molecule has 0 saturated heterocycles. The van der Waals surface area contributed by atoms with E-state index >= 15 is 0 Å². The maximum atomic E-state index is 12.0. The van der Waals surface area contributed by atoms with Crippen LogP contribution < -0.4 is 0 Å². The minimum atomic E-state index is -0.243. The van der Waals surface area contributed by atoms with Crippen LogP contribution in [0.15, 0.2) is 54.9 Å². The number of ether oxygens (including phenoxy) is 2. The number of hydrogen-bond donors (Lipinski definition) is 1. The van der Waals surface area contributed by atoms with E-state index in [4.69, 9.17) is 9.47 Å². The summed E-state index contributed by atoms with van der Waals surface area (Å²) in [6, 6.07) is 14.1. The number of aryl methyl sites for hydroxylation is 2. The molecule has 0 amide bonds. The number of esters is 2. The van der Waals surface area contributed by atoms with E-state index in [1.54, 1.807) is 19.2 Å². The van der Waals surface area contributed by atoms with Gasteiger partial charge in [0, 0.05) is 30.3 Å². The van der Waals surface area contributed by atoms with Gasteiger partial charge in [-0.2, -0.15) is 0 Å². The SMILES string of the molecule is CCOC(=O)c1cc[nH]c1C(C)C.CCOC(=O)c1ccn(CCCc2ccccc2)c1C(C)C. The molecule has 0 spiro atoms. The molecule has 2 aromatic heterocycles. The lowest BCUT2D eigenvalue weighted by Gasteiger charge is -2.14. The number of nitrogens with zero attached hydrogens (tertiary/aromatic N) is 1. The molecular formula is C29H40N2O4. The van der Waals surface area contributed by atoms with Crippen LogP contribution in [0.2, 0.25) is 0 Å². The van der Waals surface area contributed by atoms with Crippen LogP contribution in [0.5, 0.6) is 0 Å². The quantitative estimate of drug-likeness (QED) is 0.326. The first-order valence-electron chi connectivity index (χ1n) is 12.5. The van der Waals surface area contributed by atoms with Gasteiger partial charge in [0.2, 0.25) is 0 Å². The van der Waals surface area contributed by atoms with Crippen molar-refractivity contribution in [2.24, 2.45) is 0 Å². The number of hydrogen-bond acceptors (Lipinski definition) is 4. The molecule has 0 aliphatic heterocycles. The van der Waals surface area contributed by atoms with Gasteiger partial charge in [0.05, 0.1) is 24.3 Å². The summed E-state index contributed by atoms with van der Waals surface area (Å²) in [5.74, 6) is 0.154. The van der Waals surface area contributed by atoms with E-state index in [2.05, 4.69) is 47.7 Å². The molecule has 3 rings (SSSR count). The van der Waals surface area contributed by atoms with E-state index in [-0.39, 0.29) is 11.9 Å². The molecule has 190 valence electrons. The number of rotatable bonds is 10. The Morgan fingerprint density at radius 1 is 0.857 bits per heavy atom. The maximum Gasteiger partial charge on any atom is 0.339 e. The van der Waals surface area contributed by atoms with Crippen molar-refractivity contribution >= 4 is 11.9 Å².